The highest BCUT2D eigenvalue weighted by Crippen LogP contribution is 2.10. The molecule has 1 rings (SSSR count). The van der Waals surface area contributed by atoms with Crippen LogP contribution in [-0.4, -0.2) is 25.0 Å². The van der Waals surface area contributed by atoms with E-state index < -0.39 is 0 Å². The van der Waals surface area contributed by atoms with Crippen LogP contribution in [0.3, 0.4) is 0 Å². The van der Waals surface area contributed by atoms with Crippen LogP contribution in [-0.2, 0) is 0 Å². The lowest BCUT2D eigenvalue weighted by atomic mass is 10.1. The van der Waals surface area contributed by atoms with Gasteiger partial charge in [0, 0.05) is 6.54 Å². The van der Waals surface area contributed by atoms with Crippen LogP contribution in [0, 0.1) is 0 Å². The van der Waals surface area contributed by atoms with Crippen molar-refractivity contribution in [3.05, 3.63) is 29.8 Å². The Labute approximate surface area is 164 Å². The third-order valence-corrected chi connectivity index (χ3v) is 4.55. The van der Waals surface area contributed by atoms with Gasteiger partial charge < -0.3 is 10.1 Å². The largest absolute Gasteiger partial charge is 0.497 e. The first-order valence-electron chi connectivity index (χ1n) is 9.97. The molecule has 4 nitrogen and oxygen atoms in total. The van der Waals surface area contributed by atoms with E-state index in [1.165, 1.54) is 57.8 Å². The average Bonchev–Trinajstić information content (AvgIpc) is 2.66. The minimum atomic E-state index is 0.575. The van der Waals surface area contributed by atoms with E-state index in [1.54, 1.807) is 13.3 Å². The van der Waals surface area contributed by atoms with E-state index in [9.17, 15) is 0 Å². The Morgan fingerprint density at radius 2 is 1.54 bits per heavy atom. The SMILES string of the molecule is CCCCCCCCCCCCNC(=S)N/N=C/c1ccc(OC)cc1. The maximum Gasteiger partial charge on any atom is 0.186 e. The predicted molar refractivity (Wildman–Crippen MR) is 116 cm³/mol. The zero-order chi connectivity index (χ0) is 18.9. The van der Waals surface area contributed by atoms with E-state index in [4.69, 9.17) is 17.0 Å². The lowest BCUT2D eigenvalue weighted by molar-refractivity contribution is 0.415. The van der Waals surface area contributed by atoms with Crippen LogP contribution >= 0.6 is 12.2 Å². The van der Waals surface area contributed by atoms with E-state index >= 15 is 0 Å². The molecule has 0 aliphatic rings. The van der Waals surface area contributed by atoms with Gasteiger partial charge in [-0.05, 0) is 48.5 Å². The number of ether oxygens (including phenoxy) is 1. The molecule has 0 amide bonds. The van der Waals surface area contributed by atoms with Crippen molar-refractivity contribution >= 4 is 23.5 Å². The van der Waals surface area contributed by atoms with Crippen molar-refractivity contribution in [2.24, 2.45) is 5.10 Å². The molecule has 26 heavy (non-hydrogen) atoms. The summed E-state index contributed by atoms with van der Waals surface area (Å²) in [7, 11) is 1.66. The summed E-state index contributed by atoms with van der Waals surface area (Å²) in [6.45, 7) is 3.17. The second-order valence-electron chi connectivity index (χ2n) is 6.58. The molecule has 0 bridgehead atoms. The maximum atomic E-state index is 5.22. The molecule has 5 heteroatoms. The Balaban J connectivity index is 1.95. The first-order chi connectivity index (χ1) is 12.8. The highest BCUT2D eigenvalue weighted by molar-refractivity contribution is 7.80. The third-order valence-electron chi connectivity index (χ3n) is 4.31. The van der Waals surface area contributed by atoms with Crippen LogP contribution in [0.25, 0.3) is 0 Å². The summed E-state index contributed by atoms with van der Waals surface area (Å²) in [6.07, 6.45) is 15.2. The van der Waals surface area contributed by atoms with Crippen molar-refractivity contribution in [1.29, 1.82) is 0 Å². The second kappa shape index (κ2) is 15.6. The van der Waals surface area contributed by atoms with Crippen LogP contribution < -0.4 is 15.5 Å². The summed E-state index contributed by atoms with van der Waals surface area (Å²) < 4.78 is 5.13. The van der Waals surface area contributed by atoms with Crippen LogP contribution in [0.1, 0.15) is 76.7 Å². The monoisotopic (exact) mass is 377 g/mol. The molecular weight excluding hydrogens is 342 g/mol. The molecule has 0 unspecified atom stereocenters. The van der Waals surface area contributed by atoms with Gasteiger partial charge >= 0.3 is 0 Å². The van der Waals surface area contributed by atoms with E-state index in [0.29, 0.717) is 5.11 Å². The molecule has 0 radical (unpaired) electrons. The molecule has 0 atom stereocenters. The summed E-state index contributed by atoms with van der Waals surface area (Å²) in [4.78, 5) is 0. The van der Waals surface area contributed by atoms with Crippen molar-refractivity contribution in [3.63, 3.8) is 0 Å². The number of hydrazone groups is 1. The second-order valence-corrected chi connectivity index (χ2v) is 6.99. The first kappa shape index (κ1) is 22.4. The molecule has 1 aromatic carbocycles. The van der Waals surface area contributed by atoms with Gasteiger partial charge in [-0.1, -0.05) is 64.7 Å². The zero-order valence-corrected chi connectivity index (χ0v) is 17.2. The van der Waals surface area contributed by atoms with Crippen molar-refractivity contribution in [1.82, 2.24) is 10.7 Å². The number of rotatable bonds is 14. The lowest BCUT2D eigenvalue weighted by Crippen LogP contribution is -2.32. The van der Waals surface area contributed by atoms with Gasteiger partial charge in [0.1, 0.15) is 5.75 Å². The molecule has 1 aromatic rings. The van der Waals surface area contributed by atoms with E-state index in [0.717, 1.165) is 24.3 Å². The predicted octanol–water partition coefficient (Wildman–Crippen LogP) is 5.41. The fraction of sp³-hybridized carbons (Fsp3) is 0.619. The molecule has 0 aromatic heterocycles. The molecule has 0 aliphatic heterocycles. The quantitative estimate of drug-likeness (QED) is 0.197. The van der Waals surface area contributed by atoms with E-state index in [1.807, 2.05) is 24.3 Å². The van der Waals surface area contributed by atoms with Gasteiger partial charge in [0.05, 0.1) is 13.3 Å². The zero-order valence-electron chi connectivity index (χ0n) is 16.4. The van der Waals surface area contributed by atoms with Gasteiger partial charge in [-0.3, -0.25) is 5.43 Å². The molecule has 146 valence electrons. The number of unbranched alkanes of at least 4 members (excludes halogenated alkanes) is 9. The summed E-state index contributed by atoms with van der Waals surface area (Å²) in [5.74, 6) is 0.837. The first-order valence-corrected chi connectivity index (χ1v) is 10.4. The minimum Gasteiger partial charge on any atom is -0.497 e. The van der Waals surface area contributed by atoms with Crippen LogP contribution in [0.2, 0.25) is 0 Å². The summed E-state index contributed by atoms with van der Waals surface area (Å²) in [5, 5.41) is 7.92. The standard InChI is InChI=1S/C21H35N3OS/c1-3-4-5-6-7-8-9-10-11-12-17-22-21(26)24-23-18-19-13-15-20(25-2)16-14-19/h13-16,18H,3-12,17H2,1-2H3,(H2,22,24,26)/b23-18+. The highest BCUT2D eigenvalue weighted by atomic mass is 32.1. The van der Waals surface area contributed by atoms with Crippen molar-refractivity contribution in [2.75, 3.05) is 13.7 Å². The average molecular weight is 378 g/mol. The number of benzene rings is 1. The Kier molecular flexibility index (Phi) is 13.5. The lowest BCUT2D eigenvalue weighted by Gasteiger charge is -2.07. The number of hydrogen-bond donors (Lipinski definition) is 2. The summed E-state index contributed by atoms with van der Waals surface area (Å²) >= 11 is 5.22. The van der Waals surface area contributed by atoms with Gasteiger partial charge in [-0.25, -0.2) is 0 Å². The molecule has 0 aliphatic carbocycles. The Hall–Kier alpha value is -1.62. The molecular formula is C21H35N3OS. The van der Waals surface area contributed by atoms with E-state index in [2.05, 4.69) is 22.8 Å². The van der Waals surface area contributed by atoms with Crippen LogP contribution in [0.5, 0.6) is 5.75 Å². The highest BCUT2D eigenvalue weighted by Gasteiger charge is 1.95. The number of hydrogen-bond acceptors (Lipinski definition) is 3. The number of nitrogens with one attached hydrogen (secondary N) is 2. The molecule has 0 saturated heterocycles. The Bertz CT molecular complexity index is 502. The van der Waals surface area contributed by atoms with Gasteiger partial charge in [0.15, 0.2) is 5.11 Å². The molecule has 0 saturated carbocycles. The van der Waals surface area contributed by atoms with Crippen LogP contribution in [0.4, 0.5) is 0 Å². The third kappa shape index (κ3) is 11.9. The van der Waals surface area contributed by atoms with E-state index in [-0.39, 0.29) is 0 Å². The Morgan fingerprint density at radius 3 is 2.12 bits per heavy atom. The van der Waals surface area contributed by atoms with Gasteiger partial charge in [-0.2, -0.15) is 5.10 Å². The van der Waals surface area contributed by atoms with Crippen molar-refractivity contribution in [3.8, 4) is 5.75 Å². The molecule has 0 spiro atoms. The minimum absolute atomic E-state index is 0.575. The topological polar surface area (TPSA) is 45.7 Å². The maximum absolute atomic E-state index is 5.22. The van der Waals surface area contributed by atoms with Crippen molar-refractivity contribution in [2.45, 2.75) is 71.1 Å². The normalized spacial score (nSPS) is 10.8. The van der Waals surface area contributed by atoms with Crippen LogP contribution in [0.15, 0.2) is 29.4 Å². The smallest absolute Gasteiger partial charge is 0.186 e. The van der Waals surface area contributed by atoms with Gasteiger partial charge in [0.25, 0.3) is 0 Å². The molecule has 2 N–H and O–H groups in total. The molecule has 0 heterocycles. The van der Waals surface area contributed by atoms with Crippen molar-refractivity contribution < 1.29 is 4.74 Å². The van der Waals surface area contributed by atoms with Gasteiger partial charge in [-0.15, -0.1) is 0 Å². The summed E-state index contributed by atoms with van der Waals surface area (Å²) in [6, 6.07) is 7.71. The fourth-order valence-electron chi connectivity index (χ4n) is 2.71. The number of nitrogens with zero attached hydrogens (tertiary/aromatic N) is 1. The molecule has 0 fully saturated rings. The number of thiocarbonyl (C=S) groups is 1. The Morgan fingerprint density at radius 1 is 0.962 bits per heavy atom. The number of methoxy groups -OCH3 is 1. The van der Waals surface area contributed by atoms with Gasteiger partial charge in [0.2, 0.25) is 0 Å². The summed E-state index contributed by atoms with van der Waals surface area (Å²) in [5.41, 5.74) is 3.85. The fourth-order valence-corrected chi connectivity index (χ4v) is 2.86.